The molecule has 0 aromatic carbocycles. The number of hydrogen-bond donors (Lipinski definition) is 2. The summed E-state index contributed by atoms with van der Waals surface area (Å²) in [5.41, 5.74) is 8.63. The molecule has 23 heavy (non-hydrogen) atoms. The van der Waals surface area contributed by atoms with E-state index in [1.165, 1.54) is 6.42 Å². The SMILES string of the molecule is Cn1nc(-c2ccncc2)cc1C(=O)NC1CC(N)C12CCC2. The van der Waals surface area contributed by atoms with Gasteiger partial charge < -0.3 is 11.1 Å². The first-order chi connectivity index (χ1) is 11.1. The number of hydrogen-bond acceptors (Lipinski definition) is 4. The van der Waals surface area contributed by atoms with Crippen LogP contribution in [0.3, 0.4) is 0 Å². The van der Waals surface area contributed by atoms with Gasteiger partial charge in [-0.05, 0) is 37.5 Å². The van der Waals surface area contributed by atoms with Crippen LogP contribution >= 0.6 is 0 Å². The zero-order valence-electron chi connectivity index (χ0n) is 13.2. The van der Waals surface area contributed by atoms with E-state index in [4.69, 9.17) is 5.73 Å². The highest BCUT2D eigenvalue weighted by Gasteiger charge is 2.57. The molecule has 2 heterocycles. The number of rotatable bonds is 3. The largest absolute Gasteiger partial charge is 0.347 e. The summed E-state index contributed by atoms with van der Waals surface area (Å²) in [4.78, 5) is 16.6. The molecule has 0 saturated heterocycles. The monoisotopic (exact) mass is 311 g/mol. The molecule has 0 radical (unpaired) electrons. The van der Waals surface area contributed by atoms with Gasteiger partial charge in [-0.25, -0.2) is 0 Å². The Morgan fingerprint density at radius 2 is 2.13 bits per heavy atom. The van der Waals surface area contributed by atoms with Gasteiger partial charge in [0.15, 0.2) is 0 Å². The second-order valence-electron chi connectivity index (χ2n) is 6.73. The number of nitrogens with one attached hydrogen (secondary N) is 1. The summed E-state index contributed by atoms with van der Waals surface area (Å²) in [7, 11) is 1.80. The number of pyridine rings is 1. The second kappa shape index (κ2) is 5.16. The Balaban J connectivity index is 1.52. The summed E-state index contributed by atoms with van der Waals surface area (Å²) < 4.78 is 1.64. The van der Waals surface area contributed by atoms with E-state index in [0.717, 1.165) is 30.5 Å². The third kappa shape index (κ3) is 2.16. The molecule has 2 aliphatic rings. The molecule has 120 valence electrons. The molecule has 6 heteroatoms. The van der Waals surface area contributed by atoms with Gasteiger partial charge in [0, 0.05) is 42.5 Å². The zero-order valence-corrected chi connectivity index (χ0v) is 13.2. The van der Waals surface area contributed by atoms with Crippen LogP contribution < -0.4 is 11.1 Å². The quantitative estimate of drug-likeness (QED) is 0.899. The molecule has 0 bridgehead atoms. The van der Waals surface area contributed by atoms with Gasteiger partial charge in [0.05, 0.1) is 5.69 Å². The highest BCUT2D eigenvalue weighted by Crippen LogP contribution is 2.55. The fraction of sp³-hybridized carbons (Fsp3) is 0.471. The minimum Gasteiger partial charge on any atom is -0.347 e. The normalized spacial score (nSPS) is 24.8. The molecule has 2 saturated carbocycles. The van der Waals surface area contributed by atoms with Crippen molar-refractivity contribution < 1.29 is 4.79 Å². The Hall–Kier alpha value is -2.21. The molecule has 2 atom stereocenters. The number of carbonyl (C=O) groups is 1. The molecule has 1 spiro atoms. The Morgan fingerprint density at radius 1 is 1.39 bits per heavy atom. The van der Waals surface area contributed by atoms with Crippen LogP contribution in [0.5, 0.6) is 0 Å². The van der Waals surface area contributed by atoms with E-state index in [9.17, 15) is 4.79 Å². The lowest BCUT2D eigenvalue weighted by Gasteiger charge is -2.60. The Bertz CT molecular complexity index is 735. The summed E-state index contributed by atoms with van der Waals surface area (Å²) in [6.45, 7) is 0. The first-order valence-electron chi connectivity index (χ1n) is 8.11. The van der Waals surface area contributed by atoms with Gasteiger partial charge in [-0.3, -0.25) is 14.5 Å². The van der Waals surface area contributed by atoms with E-state index in [1.54, 1.807) is 24.1 Å². The van der Waals surface area contributed by atoms with Crippen molar-refractivity contribution in [1.29, 1.82) is 0 Å². The van der Waals surface area contributed by atoms with Crippen molar-refractivity contribution >= 4 is 5.91 Å². The summed E-state index contributed by atoms with van der Waals surface area (Å²) in [5, 5.41) is 7.61. The average molecular weight is 311 g/mol. The van der Waals surface area contributed by atoms with E-state index in [0.29, 0.717) is 5.69 Å². The molecule has 2 fully saturated rings. The van der Waals surface area contributed by atoms with Gasteiger partial charge in [-0.1, -0.05) is 6.42 Å². The molecule has 2 aromatic rings. The number of nitrogens with two attached hydrogens (primary N) is 1. The van der Waals surface area contributed by atoms with Crippen molar-refractivity contribution in [1.82, 2.24) is 20.1 Å². The first-order valence-corrected chi connectivity index (χ1v) is 8.11. The van der Waals surface area contributed by atoms with Gasteiger partial charge in [0.2, 0.25) is 0 Å². The molecule has 4 rings (SSSR count). The Morgan fingerprint density at radius 3 is 2.74 bits per heavy atom. The molecule has 2 unspecified atom stereocenters. The fourth-order valence-electron chi connectivity index (χ4n) is 3.90. The lowest BCUT2D eigenvalue weighted by Crippen LogP contribution is -2.69. The average Bonchev–Trinajstić information content (AvgIpc) is 2.88. The van der Waals surface area contributed by atoms with Gasteiger partial charge in [-0.15, -0.1) is 0 Å². The number of aryl methyl sites for hydroxylation is 1. The maximum atomic E-state index is 12.6. The molecule has 0 aliphatic heterocycles. The number of aromatic nitrogens is 3. The van der Waals surface area contributed by atoms with Crippen molar-refractivity contribution in [2.24, 2.45) is 18.2 Å². The minimum atomic E-state index is -0.0662. The van der Waals surface area contributed by atoms with Crippen LogP contribution in [0.4, 0.5) is 0 Å². The predicted molar refractivity (Wildman–Crippen MR) is 86.6 cm³/mol. The summed E-state index contributed by atoms with van der Waals surface area (Å²) >= 11 is 0. The number of amides is 1. The third-order valence-electron chi connectivity index (χ3n) is 5.60. The summed E-state index contributed by atoms with van der Waals surface area (Å²) in [5.74, 6) is -0.0662. The van der Waals surface area contributed by atoms with Crippen LogP contribution in [0.2, 0.25) is 0 Å². The molecule has 2 aliphatic carbocycles. The van der Waals surface area contributed by atoms with Gasteiger partial charge in [0.1, 0.15) is 5.69 Å². The van der Waals surface area contributed by atoms with E-state index in [1.807, 2.05) is 18.2 Å². The van der Waals surface area contributed by atoms with Crippen molar-refractivity contribution in [2.45, 2.75) is 37.8 Å². The molecular weight excluding hydrogens is 290 g/mol. The highest BCUT2D eigenvalue weighted by molar-refractivity contribution is 5.94. The van der Waals surface area contributed by atoms with Crippen LogP contribution in [0.25, 0.3) is 11.3 Å². The van der Waals surface area contributed by atoms with Crippen LogP contribution in [0.15, 0.2) is 30.6 Å². The second-order valence-corrected chi connectivity index (χ2v) is 6.73. The van der Waals surface area contributed by atoms with E-state index >= 15 is 0 Å². The summed E-state index contributed by atoms with van der Waals surface area (Å²) in [6, 6.07) is 6.05. The van der Waals surface area contributed by atoms with Crippen molar-refractivity contribution in [3.8, 4) is 11.3 Å². The molecule has 6 nitrogen and oxygen atoms in total. The lowest BCUT2D eigenvalue weighted by molar-refractivity contribution is -0.0390. The van der Waals surface area contributed by atoms with E-state index < -0.39 is 0 Å². The third-order valence-corrected chi connectivity index (χ3v) is 5.60. The first kappa shape index (κ1) is 14.4. The fourth-order valence-corrected chi connectivity index (χ4v) is 3.90. The predicted octanol–water partition coefficient (Wildman–Crippen LogP) is 1.48. The van der Waals surface area contributed by atoms with Crippen LogP contribution in [-0.2, 0) is 7.05 Å². The molecule has 2 aromatic heterocycles. The number of carbonyl (C=O) groups excluding carboxylic acids is 1. The van der Waals surface area contributed by atoms with Crippen LogP contribution in [0, 0.1) is 5.41 Å². The topological polar surface area (TPSA) is 85.8 Å². The molecule has 3 N–H and O–H groups in total. The molecular formula is C17H21N5O. The van der Waals surface area contributed by atoms with E-state index in [-0.39, 0.29) is 23.4 Å². The standard InChI is InChI=1S/C17H21N5O/c1-22-13(9-12(21-22)11-3-7-19-8-4-11)16(23)20-15-10-14(18)17(15)5-2-6-17/h3-4,7-9,14-15H,2,5-6,10,18H2,1H3,(H,20,23). The Kier molecular flexibility index (Phi) is 3.23. The maximum Gasteiger partial charge on any atom is 0.269 e. The maximum absolute atomic E-state index is 12.6. The lowest BCUT2D eigenvalue weighted by atomic mass is 9.50. The zero-order chi connectivity index (χ0) is 16.0. The minimum absolute atomic E-state index is 0.0662. The highest BCUT2D eigenvalue weighted by atomic mass is 16.2. The number of nitrogens with zero attached hydrogens (tertiary/aromatic N) is 3. The van der Waals surface area contributed by atoms with Crippen molar-refractivity contribution in [3.05, 3.63) is 36.3 Å². The Labute approximate surface area is 135 Å². The van der Waals surface area contributed by atoms with Crippen molar-refractivity contribution in [3.63, 3.8) is 0 Å². The summed E-state index contributed by atoms with van der Waals surface area (Å²) in [6.07, 6.45) is 7.80. The van der Waals surface area contributed by atoms with Crippen LogP contribution in [-0.4, -0.2) is 32.8 Å². The van der Waals surface area contributed by atoms with Crippen LogP contribution in [0.1, 0.15) is 36.2 Å². The van der Waals surface area contributed by atoms with Gasteiger partial charge in [0.25, 0.3) is 5.91 Å². The smallest absolute Gasteiger partial charge is 0.269 e. The van der Waals surface area contributed by atoms with Crippen molar-refractivity contribution in [2.75, 3.05) is 0 Å². The van der Waals surface area contributed by atoms with E-state index in [2.05, 4.69) is 15.4 Å². The van der Waals surface area contributed by atoms with Gasteiger partial charge in [-0.2, -0.15) is 5.10 Å². The molecule has 1 amide bonds. The van der Waals surface area contributed by atoms with Gasteiger partial charge >= 0.3 is 0 Å².